The molecule has 0 amide bonds. The van der Waals surface area contributed by atoms with E-state index in [9.17, 15) is 10.1 Å². The third-order valence-electron chi connectivity index (χ3n) is 3.56. The van der Waals surface area contributed by atoms with Gasteiger partial charge in [0.1, 0.15) is 0 Å². The van der Waals surface area contributed by atoms with Crippen LogP contribution >= 0.6 is 0 Å². The SMILES string of the molecule is C=CCNC(=NCc1ccc(C)cc1)NCc1ccc([N+](=O)[O-])cc1. The maximum atomic E-state index is 10.7. The minimum absolute atomic E-state index is 0.0850. The van der Waals surface area contributed by atoms with Crippen LogP contribution in [0, 0.1) is 17.0 Å². The Balaban J connectivity index is 1.98. The molecule has 0 fully saturated rings. The Morgan fingerprint density at radius 3 is 2.36 bits per heavy atom. The molecule has 2 rings (SSSR count). The van der Waals surface area contributed by atoms with E-state index in [1.54, 1.807) is 18.2 Å². The number of nitrogens with zero attached hydrogens (tertiary/aromatic N) is 2. The molecule has 6 nitrogen and oxygen atoms in total. The van der Waals surface area contributed by atoms with Crippen molar-refractivity contribution in [1.29, 1.82) is 0 Å². The predicted octanol–water partition coefficient (Wildman–Crippen LogP) is 3.32. The van der Waals surface area contributed by atoms with Gasteiger partial charge in [-0.15, -0.1) is 6.58 Å². The summed E-state index contributed by atoms with van der Waals surface area (Å²) in [5, 5.41) is 17.1. The van der Waals surface area contributed by atoms with Crippen LogP contribution in [0.5, 0.6) is 0 Å². The highest BCUT2D eigenvalue weighted by atomic mass is 16.6. The average Bonchev–Trinajstić information content (AvgIpc) is 2.62. The third kappa shape index (κ3) is 6.10. The first-order valence-electron chi connectivity index (χ1n) is 8.00. The van der Waals surface area contributed by atoms with Gasteiger partial charge >= 0.3 is 0 Å². The maximum Gasteiger partial charge on any atom is 0.269 e. The largest absolute Gasteiger partial charge is 0.353 e. The molecule has 0 saturated heterocycles. The van der Waals surface area contributed by atoms with Crippen molar-refractivity contribution in [3.8, 4) is 0 Å². The molecule has 25 heavy (non-hydrogen) atoms. The van der Waals surface area contributed by atoms with Gasteiger partial charge < -0.3 is 10.6 Å². The van der Waals surface area contributed by atoms with Crippen LogP contribution in [-0.2, 0) is 13.1 Å². The first-order chi connectivity index (χ1) is 12.1. The molecule has 0 saturated carbocycles. The fourth-order valence-corrected chi connectivity index (χ4v) is 2.13. The molecule has 6 heteroatoms. The lowest BCUT2D eigenvalue weighted by Crippen LogP contribution is -2.37. The van der Waals surface area contributed by atoms with Crippen molar-refractivity contribution in [2.45, 2.75) is 20.0 Å². The molecule has 0 aliphatic carbocycles. The van der Waals surface area contributed by atoms with E-state index in [1.165, 1.54) is 17.7 Å². The number of hydrogen-bond donors (Lipinski definition) is 2. The van der Waals surface area contributed by atoms with Gasteiger partial charge in [0.05, 0.1) is 11.5 Å². The van der Waals surface area contributed by atoms with E-state index in [0.717, 1.165) is 11.1 Å². The van der Waals surface area contributed by atoms with Crippen LogP contribution in [-0.4, -0.2) is 17.4 Å². The van der Waals surface area contributed by atoms with Crippen LogP contribution in [0.2, 0.25) is 0 Å². The van der Waals surface area contributed by atoms with Crippen LogP contribution in [0.3, 0.4) is 0 Å². The predicted molar refractivity (Wildman–Crippen MR) is 100 cm³/mol. The van der Waals surface area contributed by atoms with Gasteiger partial charge in [-0.25, -0.2) is 4.99 Å². The van der Waals surface area contributed by atoms with E-state index in [-0.39, 0.29) is 5.69 Å². The van der Waals surface area contributed by atoms with Gasteiger partial charge in [0.25, 0.3) is 5.69 Å². The molecule has 0 radical (unpaired) electrons. The third-order valence-corrected chi connectivity index (χ3v) is 3.56. The van der Waals surface area contributed by atoms with E-state index in [2.05, 4.69) is 53.4 Å². The standard InChI is InChI=1S/C19H22N4O2/c1-3-12-20-19(21-13-16-6-4-15(2)5-7-16)22-14-17-8-10-18(11-9-17)23(24)25/h3-11H,1,12-14H2,2H3,(H2,20,21,22). The molecular weight excluding hydrogens is 316 g/mol. The van der Waals surface area contributed by atoms with Gasteiger partial charge in [-0.05, 0) is 18.1 Å². The average molecular weight is 338 g/mol. The maximum absolute atomic E-state index is 10.7. The number of benzene rings is 2. The van der Waals surface area contributed by atoms with Crippen molar-refractivity contribution >= 4 is 11.6 Å². The van der Waals surface area contributed by atoms with Crippen molar-refractivity contribution in [1.82, 2.24) is 10.6 Å². The van der Waals surface area contributed by atoms with Gasteiger partial charge in [-0.3, -0.25) is 10.1 Å². The zero-order chi connectivity index (χ0) is 18.1. The quantitative estimate of drug-likeness (QED) is 0.267. The molecule has 0 aliphatic heterocycles. The summed E-state index contributed by atoms with van der Waals surface area (Å²) in [4.78, 5) is 14.8. The molecular formula is C19H22N4O2. The Morgan fingerprint density at radius 1 is 1.12 bits per heavy atom. The van der Waals surface area contributed by atoms with Crippen molar-refractivity contribution in [3.63, 3.8) is 0 Å². The topological polar surface area (TPSA) is 79.6 Å². The molecule has 2 N–H and O–H groups in total. The summed E-state index contributed by atoms with van der Waals surface area (Å²) in [5.41, 5.74) is 3.37. The van der Waals surface area contributed by atoms with Crippen LogP contribution < -0.4 is 10.6 Å². The summed E-state index contributed by atoms with van der Waals surface area (Å²) in [6, 6.07) is 14.7. The molecule has 0 heterocycles. The van der Waals surface area contributed by atoms with Crippen LogP contribution in [0.4, 0.5) is 5.69 Å². The summed E-state index contributed by atoms with van der Waals surface area (Å²) in [6.45, 7) is 7.43. The van der Waals surface area contributed by atoms with Crippen LogP contribution in [0.15, 0.2) is 66.2 Å². The number of rotatable bonds is 7. The molecule has 0 bridgehead atoms. The zero-order valence-corrected chi connectivity index (χ0v) is 14.2. The van der Waals surface area contributed by atoms with Gasteiger partial charge in [0, 0.05) is 25.2 Å². The lowest BCUT2D eigenvalue weighted by Gasteiger charge is -2.11. The Labute approximate surface area is 147 Å². The normalized spacial score (nSPS) is 11.0. The van der Waals surface area contributed by atoms with Crippen molar-refractivity contribution < 1.29 is 4.92 Å². The lowest BCUT2D eigenvalue weighted by molar-refractivity contribution is -0.384. The van der Waals surface area contributed by atoms with Gasteiger partial charge in [-0.2, -0.15) is 0 Å². The first kappa shape index (κ1) is 18.2. The number of guanidine groups is 1. The summed E-state index contributed by atoms with van der Waals surface area (Å²) >= 11 is 0. The lowest BCUT2D eigenvalue weighted by atomic mass is 10.1. The van der Waals surface area contributed by atoms with E-state index in [4.69, 9.17) is 0 Å². The van der Waals surface area contributed by atoms with Gasteiger partial charge in [0.15, 0.2) is 5.96 Å². The molecule has 0 spiro atoms. The Morgan fingerprint density at radius 2 is 1.76 bits per heavy atom. The second-order valence-corrected chi connectivity index (χ2v) is 5.60. The fourth-order valence-electron chi connectivity index (χ4n) is 2.13. The Hall–Kier alpha value is -3.15. The number of aryl methyl sites for hydroxylation is 1. The van der Waals surface area contributed by atoms with Crippen molar-refractivity contribution in [2.24, 2.45) is 4.99 Å². The minimum Gasteiger partial charge on any atom is -0.353 e. The minimum atomic E-state index is -0.405. The van der Waals surface area contributed by atoms with E-state index >= 15 is 0 Å². The molecule has 0 aliphatic rings. The highest BCUT2D eigenvalue weighted by Gasteiger charge is 2.04. The smallest absolute Gasteiger partial charge is 0.269 e. The van der Waals surface area contributed by atoms with Gasteiger partial charge in [0.2, 0.25) is 0 Å². The Bertz CT molecular complexity index is 737. The van der Waals surface area contributed by atoms with Crippen molar-refractivity contribution in [3.05, 3.63) is 88.0 Å². The van der Waals surface area contributed by atoms with Crippen LogP contribution in [0.1, 0.15) is 16.7 Å². The first-order valence-corrected chi connectivity index (χ1v) is 8.00. The zero-order valence-electron chi connectivity index (χ0n) is 14.2. The van der Waals surface area contributed by atoms with E-state index in [1.807, 2.05) is 0 Å². The molecule has 130 valence electrons. The van der Waals surface area contributed by atoms with Gasteiger partial charge in [-0.1, -0.05) is 48.0 Å². The number of nitro benzene ring substituents is 1. The number of nitrogens with one attached hydrogen (secondary N) is 2. The second kappa shape index (κ2) is 9.22. The number of aliphatic imine (C=N–C) groups is 1. The molecule has 0 aromatic heterocycles. The number of hydrogen-bond acceptors (Lipinski definition) is 3. The number of nitro groups is 1. The Kier molecular flexibility index (Phi) is 6.71. The van der Waals surface area contributed by atoms with E-state index in [0.29, 0.717) is 25.6 Å². The second-order valence-electron chi connectivity index (χ2n) is 5.60. The summed E-state index contributed by atoms with van der Waals surface area (Å²) < 4.78 is 0. The summed E-state index contributed by atoms with van der Waals surface area (Å²) in [6.07, 6.45) is 1.76. The molecule has 2 aromatic carbocycles. The summed E-state index contributed by atoms with van der Waals surface area (Å²) in [5.74, 6) is 0.666. The highest BCUT2D eigenvalue weighted by molar-refractivity contribution is 5.79. The van der Waals surface area contributed by atoms with Crippen molar-refractivity contribution in [2.75, 3.05) is 6.54 Å². The van der Waals surface area contributed by atoms with Crippen LogP contribution in [0.25, 0.3) is 0 Å². The monoisotopic (exact) mass is 338 g/mol. The fraction of sp³-hybridized carbons (Fsp3) is 0.211. The number of non-ortho nitro benzene ring substituents is 1. The molecule has 2 aromatic rings. The molecule has 0 unspecified atom stereocenters. The highest BCUT2D eigenvalue weighted by Crippen LogP contribution is 2.11. The summed E-state index contributed by atoms with van der Waals surface area (Å²) in [7, 11) is 0. The molecule has 0 atom stereocenters. The van der Waals surface area contributed by atoms with E-state index < -0.39 is 4.92 Å².